The molecule has 2 aromatic heterocycles. The Bertz CT molecular complexity index is 775. The lowest BCUT2D eigenvalue weighted by molar-refractivity contribution is -0.127. The van der Waals surface area contributed by atoms with E-state index in [9.17, 15) is 4.79 Å². The minimum absolute atomic E-state index is 0.0275. The maximum Gasteiger partial charge on any atom is 0.246 e. The van der Waals surface area contributed by atoms with Crippen LogP contribution in [0.4, 0.5) is 5.69 Å². The van der Waals surface area contributed by atoms with Gasteiger partial charge in [-0.25, -0.2) is 4.98 Å². The number of amides is 1. The lowest BCUT2D eigenvalue weighted by Gasteiger charge is -2.33. The smallest absolute Gasteiger partial charge is 0.246 e. The summed E-state index contributed by atoms with van der Waals surface area (Å²) in [5, 5.41) is 4.93. The summed E-state index contributed by atoms with van der Waals surface area (Å²) < 4.78 is 0. The Labute approximate surface area is 148 Å². The number of H-pyrrole nitrogens is 1. The van der Waals surface area contributed by atoms with Gasteiger partial charge in [0.1, 0.15) is 5.65 Å². The number of hydrogen-bond donors (Lipinski definition) is 2. The third-order valence-corrected chi connectivity index (χ3v) is 5.67. The van der Waals surface area contributed by atoms with Crippen LogP contribution in [-0.4, -0.2) is 39.9 Å². The van der Waals surface area contributed by atoms with Gasteiger partial charge in [-0.1, -0.05) is 19.4 Å². The summed E-state index contributed by atoms with van der Waals surface area (Å²) in [5.41, 5.74) is 3.51. The van der Waals surface area contributed by atoms with Crippen molar-refractivity contribution in [2.45, 2.75) is 50.5 Å². The van der Waals surface area contributed by atoms with E-state index in [1.165, 1.54) is 42.7 Å². The monoisotopic (exact) mass is 338 g/mol. The van der Waals surface area contributed by atoms with Gasteiger partial charge in [0, 0.05) is 42.6 Å². The van der Waals surface area contributed by atoms with Crippen LogP contribution in [0.25, 0.3) is 11.0 Å². The second kappa shape index (κ2) is 6.90. The van der Waals surface area contributed by atoms with Crippen molar-refractivity contribution in [3.63, 3.8) is 0 Å². The van der Waals surface area contributed by atoms with Gasteiger partial charge in [-0.05, 0) is 49.3 Å². The number of hydrogen-bond acceptors (Lipinski definition) is 3. The van der Waals surface area contributed by atoms with Gasteiger partial charge in [0.15, 0.2) is 0 Å². The van der Waals surface area contributed by atoms with Gasteiger partial charge in [0.05, 0.1) is 0 Å². The molecule has 4 rings (SSSR count). The largest absolute Gasteiger partial charge is 0.380 e. The number of nitrogens with zero attached hydrogens (tertiary/aromatic N) is 2. The highest BCUT2D eigenvalue weighted by atomic mass is 16.2. The molecule has 1 aliphatic carbocycles. The van der Waals surface area contributed by atoms with Crippen molar-refractivity contribution in [2.75, 3.05) is 18.4 Å². The number of likely N-dealkylation sites (tertiary alicyclic amines) is 1. The van der Waals surface area contributed by atoms with Crippen LogP contribution in [0.3, 0.4) is 0 Å². The molecule has 2 N–H and O–H groups in total. The molecule has 1 saturated carbocycles. The minimum Gasteiger partial charge on any atom is -0.380 e. The standard InChI is InChI=1S/C20H26N4O/c1-2-18(25)24-11-5-8-15(13-24)23-17-9-10-21-20-19(17)16(12-22-20)14-6-3-4-7-14/h2,9-10,12,14-15H,1,3-8,11,13H2,(H2,21,22,23). The van der Waals surface area contributed by atoms with E-state index < -0.39 is 0 Å². The topological polar surface area (TPSA) is 61.0 Å². The van der Waals surface area contributed by atoms with Crippen LogP contribution in [0, 0.1) is 0 Å². The zero-order chi connectivity index (χ0) is 17.2. The molecule has 1 amide bonds. The fourth-order valence-corrected chi connectivity index (χ4v) is 4.40. The van der Waals surface area contributed by atoms with Gasteiger partial charge in [-0.3, -0.25) is 4.79 Å². The molecule has 0 radical (unpaired) electrons. The molecule has 2 fully saturated rings. The van der Waals surface area contributed by atoms with E-state index >= 15 is 0 Å². The SMILES string of the molecule is C=CC(=O)N1CCCC(Nc2ccnc3[nH]cc(C4CCCC4)c23)C1. The summed E-state index contributed by atoms with van der Waals surface area (Å²) >= 11 is 0. The molecule has 1 atom stereocenters. The second-order valence-corrected chi connectivity index (χ2v) is 7.28. The average Bonchev–Trinajstić information content (AvgIpc) is 3.31. The first-order valence-corrected chi connectivity index (χ1v) is 9.40. The Morgan fingerprint density at radius 2 is 2.16 bits per heavy atom. The van der Waals surface area contributed by atoms with E-state index in [2.05, 4.69) is 34.1 Å². The zero-order valence-corrected chi connectivity index (χ0v) is 14.6. The van der Waals surface area contributed by atoms with E-state index in [1.54, 1.807) is 0 Å². The Balaban J connectivity index is 1.59. The highest BCUT2D eigenvalue weighted by Gasteiger charge is 2.25. The van der Waals surface area contributed by atoms with Crippen molar-refractivity contribution in [3.8, 4) is 0 Å². The van der Waals surface area contributed by atoms with Crippen LogP contribution in [0.15, 0.2) is 31.1 Å². The van der Waals surface area contributed by atoms with Crippen LogP contribution < -0.4 is 5.32 Å². The third kappa shape index (κ3) is 3.15. The first-order valence-electron chi connectivity index (χ1n) is 9.40. The van der Waals surface area contributed by atoms with Crippen molar-refractivity contribution in [1.29, 1.82) is 0 Å². The highest BCUT2D eigenvalue weighted by Crippen LogP contribution is 2.39. The summed E-state index contributed by atoms with van der Waals surface area (Å²) in [6.07, 6.45) is 12.7. The van der Waals surface area contributed by atoms with Gasteiger partial charge in [-0.2, -0.15) is 0 Å². The number of piperidine rings is 1. The summed E-state index contributed by atoms with van der Waals surface area (Å²) in [6, 6.07) is 2.35. The zero-order valence-electron chi connectivity index (χ0n) is 14.6. The molecule has 1 saturated heterocycles. The van der Waals surface area contributed by atoms with E-state index in [0.29, 0.717) is 5.92 Å². The molecule has 1 unspecified atom stereocenters. The maximum absolute atomic E-state index is 11.9. The third-order valence-electron chi connectivity index (χ3n) is 5.67. The molecule has 3 heterocycles. The molecule has 132 valence electrons. The first kappa shape index (κ1) is 16.2. The fourth-order valence-electron chi connectivity index (χ4n) is 4.40. The number of fused-ring (bicyclic) bond motifs is 1. The number of aromatic amines is 1. The van der Waals surface area contributed by atoms with Gasteiger partial charge in [0.2, 0.25) is 5.91 Å². The number of pyridine rings is 1. The number of rotatable bonds is 4. The van der Waals surface area contributed by atoms with Crippen LogP contribution in [0.5, 0.6) is 0 Å². The summed E-state index contributed by atoms with van der Waals surface area (Å²) in [5.74, 6) is 0.670. The fraction of sp³-hybridized carbons (Fsp3) is 0.500. The molecular weight excluding hydrogens is 312 g/mol. The molecular formula is C20H26N4O. The van der Waals surface area contributed by atoms with Gasteiger partial charge >= 0.3 is 0 Å². The molecule has 0 bridgehead atoms. The van der Waals surface area contributed by atoms with Crippen molar-refractivity contribution in [1.82, 2.24) is 14.9 Å². The number of carbonyl (C=O) groups excluding carboxylic acids is 1. The van der Waals surface area contributed by atoms with Crippen LogP contribution in [0.1, 0.15) is 50.0 Å². The number of anilines is 1. The van der Waals surface area contributed by atoms with E-state index in [1.807, 2.05) is 11.1 Å². The number of carbonyl (C=O) groups is 1. The van der Waals surface area contributed by atoms with Gasteiger partial charge in [0.25, 0.3) is 0 Å². The van der Waals surface area contributed by atoms with Crippen LogP contribution >= 0.6 is 0 Å². The van der Waals surface area contributed by atoms with E-state index in [4.69, 9.17) is 0 Å². The molecule has 25 heavy (non-hydrogen) atoms. The van der Waals surface area contributed by atoms with Crippen molar-refractivity contribution in [3.05, 3.63) is 36.7 Å². The number of aromatic nitrogens is 2. The van der Waals surface area contributed by atoms with Crippen molar-refractivity contribution in [2.24, 2.45) is 0 Å². The summed E-state index contributed by atoms with van der Waals surface area (Å²) in [4.78, 5) is 21.7. The molecule has 0 spiro atoms. The van der Waals surface area contributed by atoms with Crippen molar-refractivity contribution >= 4 is 22.6 Å². The Morgan fingerprint density at radius 1 is 1.32 bits per heavy atom. The molecule has 2 aromatic rings. The first-order chi connectivity index (χ1) is 12.3. The Morgan fingerprint density at radius 3 is 2.96 bits per heavy atom. The van der Waals surface area contributed by atoms with Crippen LogP contribution in [0.2, 0.25) is 0 Å². The van der Waals surface area contributed by atoms with E-state index in [-0.39, 0.29) is 11.9 Å². The number of nitrogens with one attached hydrogen (secondary N) is 2. The Hall–Kier alpha value is -2.30. The van der Waals surface area contributed by atoms with E-state index in [0.717, 1.165) is 37.3 Å². The summed E-state index contributed by atoms with van der Waals surface area (Å²) in [6.45, 7) is 5.17. The lowest BCUT2D eigenvalue weighted by atomic mass is 9.96. The molecule has 5 nitrogen and oxygen atoms in total. The maximum atomic E-state index is 11.9. The molecule has 5 heteroatoms. The molecule has 1 aliphatic heterocycles. The van der Waals surface area contributed by atoms with Crippen molar-refractivity contribution < 1.29 is 4.79 Å². The highest BCUT2D eigenvalue weighted by molar-refractivity contribution is 5.93. The minimum atomic E-state index is 0.0275. The van der Waals surface area contributed by atoms with Gasteiger partial charge < -0.3 is 15.2 Å². The average molecular weight is 338 g/mol. The second-order valence-electron chi connectivity index (χ2n) is 7.28. The quantitative estimate of drug-likeness (QED) is 0.833. The van der Waals surface area contributed by atoms with Gasteiger partial charge in [-0.15, -0.1) is 0 Å². The Kier molecular flexibility index (Phi) is 4.47. The molecule has 2 aliphatic rings. The molecule has 0 aromatic carbocycles. The summed E-state index contributed by atoms with van der Waals surface area (Å²) in [7, 11) is 0. The lowest BCUT2D eigenvalue weighted by Crippen LogP contribution is -2.44. The van der Waals surface area contributed by atoms with Crippen LogP contribution in [-0.2, 0) is 4.79 Å². The predicted octanol–water partition coefficient (Wildman–Crippen LogP) is 3.81. The normalized spacial score (nSPS) is 21.6. The predicted molar refractivity (Wildman–Crippen MR) is 101 cm³/mol.